The maximum Gasteiger partial charge on any atom is 0.379 e. The van der Waals surface area contributed by atoms with Gasteiger partial charge in [-0.15, -0.1) is 6.58 Å². The van der Waals surface area contributed by atoms with Crippen LogP contribution in [0, 0.1) is 5.92 Å². The molecule has 3 heteroatoms. The number of hydrogen-bond donors (Lipinski definition) is 0. The summed E-state index contributed by atoms with van der Waals surface area (Å²) in [6.45, 7) is 5.78. The number of Topliss-reactive ketones (excluding diaryl/α,β-unsaturated/α-hetero) is 1. The van der Waals surface area contributed by atoms with E-state index < -0.39 is 11.8 Å². The molecule has 0 radical (unpaired) electrons. The molecule has 90 valence electrons. The summed E-state index contributed by atoms with van der Waals surface area (Å²) >= 11 is 0. The molecule has 0 aromatic heterocycles. The summed E-state index contributed by atoms with van der Waals surface area (Å²) in [5, 5.41) is 0. The van der Waals surface area contributed by atoms with E-state index in [9.17, 15) is 9.59 Å². The highest BCUT2D eigenvalue weighted by Crippen LogP contribution is 2.05. The van der Waals surface area contributed by atoms with Crippen molar-refractivity contribution in [2.24, 2.45) is 5.92 Å². The minimum Gasteiger partial charge on any atom is -0.459 e. The van der Waals surface area contributed by atoms with Crippen LogP contribution in [0.4, 0.5) is 0 Å². The molecule has 0 amide bonds. The molecule has 1 aromatic rings. The van der Waals surface area contributed by atoms with Crippen molar-refractivity contribution < 1.29 is 14.3 Å². The Morgan fingerprint density at radius 1 is 1.35 bits per heavy atom. The lowest BCUT2D eigenvalue weighted by Crippen LogP contribution is -2.20. The number of benzene rings is 1. The lowest BCUT2D eigenvalue weighted by Gasteiger charge is -2.09. The summed E-state index contributed by atoms with van der Waals surface area (Å²) in [5.74, 6) is -1.22. The number of esters is 1. The van der Waals surface area contributed by atoms with Crippen LogP contribution in [0.15, 0.2) is 43.0 Å². The van der Waals surface area contributed by atoms with Gasteiger partial charge in [-0.25, -0.2) is 4.79 Å². The van der Waals surface area contributed by atoms with Crippen molar-refractivity contribution >= 4 is 11.8 Å². The van der Waals surface area contributed by atoms with Crippen molar-refractivity contribution in [2.45, 2.75) is 13.3 Å². The van der Waals surface area contributed by atoms with Crippen molar-refractivity contribution in [2.75, 3.05) is 6.61 Å². The molecule has 0 heterocycles. The van der Waals surface area contributed by atoms with Gasteiger partial charge in [-0.05, 0) is 12.3 Å². The number of ether oxygens (including phenoxy) is 1. The molecule has 0 saturated heterocycles. The van der Waals surface area contributed by atoms with Gasteiger partial charge in [-0.2, -0.15) is 0 Å². The van der Waals surface area contributed by atoms with Gasteiger partial charge in [-0.3, -0.25) is 4.79 Å². The highest BCUT2D eigenvalue weighted by molar-refractivity contribution is 6.40. The fourth-order valence-corrected chi connectivity index (χ4v) is 1.34. The second kappa shape index (κ2) is 6.63. The summed E-state index contributed by atoms with van der Waals surface area (Å²) in [6, 6.07) is 8.39. The third-order valence-electron chi connectivity index (χ3n) is 2.29. The third kappa shape index (κ3) is 4.23. The lowest BCUT2D eigenvalue weighted by atomic mass is 10.1. The van der Waals surface area contributed by atoms with Gasteiger partial charge < -0.3 is 4.74 Å². The van der Waals surface area contributed by atoms with Crippen LogP contribution in [0.3, 0.4) is 0 Å². The zero-order valence-corrected chi connectivity index (χ0v) is 9.89. The Morgan fingerprint density at radius 2 is 2.00 bits per heavy atom. The van der Waals surface area contributed by atoms with Crippen LogP contribution in [0.25, 0.3) is 0 Å². The predicted molar refractivity (Wildman–Crippen MR) is 65.7 cm³/mol. The Balaban J connectivity index is 2.48. The molecule has 1 rings (SSSR count). The molecule has 1 atom stereocenters. The van der Waals surface area contributed by atoms with Crippen molar-refractivity contribution in [3.63, 3.8) is 0 Å². The Bertz CT molecular complexity index is 395. The van der Waals surface area contributed by atoms with Gasteiger partial charge in [0.2, 0.25) is 0 Å². The van der Waals surface area contributed by atoms with Crippen molar-refractivity contribution in [3.05, 3.63) is 48.6 Å². The number of ketones is 1. The van der Waals surface area contributed by atoms with E-state index in [4.69, 9.17) is 4.74 Å². The molecule has 3 nitrogen and oxygen atoms in total. The maximum atomic E-state index is 11.6. The zero-order chi connectivity index (χ0) is 12.7. The van der Waals surface area contributed by atoms with Gasteiger partial charge in [0.15, 0.2) is 0 Å². The molecule has 0 aliphatic heterocycles. The Labute approximate surface area is 101 Å². The normalized spacial score (nSPS) is 11.6. The van der Waals surface area contributed by atoms with E-state index in [0.717, 1.165) is 6.42 Å². The number of allylic oxidation sites excluding steroid dienone is 1. The monoisotopic (exact) mass is 232 g/mol. The smallest absolute Gasteiger partial charge is 0.379 e. The minimum absolute atomic E-state index is 0.181. The standard InChI is InChI=1S/C14H16O3/c1-3-7-11(2)10-17-14(16)13(15)12-8-5-4-6-9-12/h3-6,8-9,11H,1,7,10H2,2H3. The van der Waals surface area contributed by atoms with Crippen LogP contribution < -0.4 is 0 Å². The van der Waals surface area contributed by atoms with Crippen LogP contribution in [0.5, 0.6) is 0 Å². The summed E-state index contributed by atoms with van der Waals surface area (Å²) in [5.41, 5.74) is 0.355. The molecule has 1 unspecified atom stereocenters. The first-order valence-corrected chi connectivity index (χ1v) is 5.52. The van der Waals surface area contributed by atoms with E-state index in [-0.39, 0.29) is 12.5 Å². The Hall–Kier alpha value is -1.90. The van der Waals surface area contributed by atoms with Gasteiger partial charge in [0.25, 0.3) is 5.78 Å². The quantitative estimate of drug-likeness (QED) is 0.328. The zero-order valence-electron chi connectivity index (χ0n) is 9.89. The van der Waals surface area contributed by atoms with E-state index in [2.05, 4.69) is 6.58 Å². The first-order chi connectivity index (χ1) is 8.15. The van der Waals surface area contributed by atoms with E-state index in [1.165, 1.54) is 0 Å². The molecular formula is C14H16O3. The van der Waals surface area contributed by atoms with Crippen LogP contribution in [0.1, 0.15) is 23.7 Å². The molecule has 0 spiro atoms. The van der Waals surface area contributed by atoms with Gasteiger partial charge in [-0.1, -0.05) is 43.3 Å². The molecule has 1 aromatic carbocycles. The Morgan fingerprint density at radius 3 is 2.59 bits per heavy atom. The first-order valence-electron chi connectivity index (χ1n) is 5.52. The molecular weight excluding hydrogens is 216 g/mol. The van der Waals surface area contributed by atoms with E-state index >= 15 is 0 Å². The number of hydrogen-bond acceptors (Lipinski definition) is 3. The van der Waals surface area contributed by atoms with Gasteiger partial charge in [0, 0.05) is 5.56 Å². The maximum absolute atomic E-state index is 11.6. The second-order valence-electron chi connectivity index (χ2n) is 3.92. The van der Waals surface area contributed by atoms with Crippen LogP contribution >= 0.6 is 0 Å². The summed E-state index contributed by atoms with van der Waals surface area (Å²) in [7, 11) is 0. The van der Waals surface area contributed by atoms with Gasteiger partial charge in [0.1, 0.15) is 0 Å². The summed E-state index contributed by atoms with van der Waals surface area (Å²) < 4.78 is 4.94. The number of carbonyl (C=O) groups is 2. The molecule has 17 heavy (non-hydrogen) atoms. The number of carbonyl (C=O) groups excluding carboxylic acids is 2. The number of rotatable bonds is 6. The van der Waals surface area contributed by atoms with E-state index in [1.54, 1.807) is 36.4 Å². The molecule has 0 aliphatic carbocycles. The highest BCUT2D eigenvalue weighted by atomic mass is 16.5. The molecule has 0 bridgehead atoms. The topological polar surface area (TPSA) is 43.4 Å². The average molecular weight is 232 g/mol. The summed E-state index contributed by atoms with van der Waals surface area (Å²) in [6.07, 6.45) is 2.52. The van der Waals surface area contributed by atoms with Gasteiger partial charge >= 0.3 is 5.97 Å². The minimum atomic E-state index is -0.799. The first kappa shape index (κ1) is 13.2. The fourth-order valence-electron chi connectivity index (χ4n) is 1.34. The van der Waals surface area contributed by atoms with E-state index in [0.29, 0.717) is 5.56 Å². The molecule has 0 fully saturated rings. The SMILES string of the molecule is C=CCC(C)COC(=O)C(=O)c1ccccc1. The Kier molecular flexibility index (Phi) is 5.14. The summed E-state index contributed by atoms with van der Waals surface area (Å²) in [4.78, 5) is 23.1. The largest absolute Gasteiger partial charge is 0.459 e. The lowest BCUT2D eigenvalue weighted by molar-refractivity contribution is -0.139. The molecule has 0 N–H and O–H groups in total. The third-order valence-corrected chi connectivity index (χ3v) is 2.29. The van der Waals surface area contributed by atoms with Crippen molar-refractivity contribution in [1.29, 1.82) is 0 Å². The average Bonchev–Trinajstić information content (AvgIpc) is 2.36. The van der Waals surface area contributed by atoms with Crippen molar-refractivity contribution in [3.8, 4) is 0 Å². The van der Waals surface area contributed by atoms with Crippen LogP contribution in [-0.2, 0) is 9.53 Å². The predicted octanol–water partition coefficient (Wildman–Crippen LogP) is 2.62. The van der Waals surface area contributed by atoms with Crippen molar-refractivity contribution in [1.82, 2.24) is 0 Å². The van der Waals surface area contributed by atoms with Gasteiger partial charge in [0.05, 0.1) is 6.61 Å². The fraction of sp³-hybridized carbons (Fsp3) is 0.286. The van der Waals surface area contributed by atoms with E-state index in [1.807, 2.05) is 6.92 Å². The molecule has 0 saturated carbocycles. The molecule has 0 aliphatic rings. The highest BCUT2D eigenvalue weighted by Gasteiger charge is 2.17. The van der Waals surface area contributed by atoms with Crippen LogP contribution in [0.2, 0.25) is 0 Å². The second-order valence-corrected chi connectivity index (χ2v) is 3.92. The van der Waals surface area contributed by atoms with Crippen LogP contribution in [-0.4, -0.2) is 18.4 Å².